The summed E-state index contributed by atoms with van der Waals surface area (Å²) >= 11 is 0. The number of aromatic amines is 1. The number of nitrogens with one attached hydrogen (secondary N) is 2. The van der Waals surface area contributed by atoms with E-state index in [-0.39, 0.29) is 49.3 Å². The molecule has 1 aliphatic heterocycles. The lowest BCUT2D eigenvalue weighted by Crippen LogP contribution is -2.37. The summed E-state index contributed by atoms with van der Waals surface area (Å²) in [6, 6.07) is 1.22. The first kappa shape index (κ1) is 23.4. The average Bonchev–Trinajstić information content (AvgIpc) is 3.02. The molecule has 1 aliphatic rings. The van der Waals surface area contributed by atoms with Gasteiger partial charge in [-0.3, -0.25) is 10.1 Å². The van der Waals surface area contributed by atoms with Crippen LogP contribution in [0, 0.1) is 0 Å². The van der Waals surface area contributed by atoms with E-state index in [2.05, 4.69) is 30.2 Å². The van der Waals surface area contributed by atoms with Crippen LogP contribution in [0.5, 0.6) is 11.8 Å². The lowest BCUT2D eigenvalue weighted by molar-refractivity contribution is -0.0528. The van der Waals surface area contributed by atoms with Gasteiger partial charge in [0.25, 0.3) is 0 Å². The Morgan fingerprint density at radius 3 is 2.72 bits per heavy atom. The fourth-order valence-electron chi connectivity index (χ4n) is 2.96. The van der Waals surface area contributed by atoms with Crippen LogP contribution in [0.1, 0.15) is 33.6 Å². The van der Waals surface area contributed by atoms with Gasteiger partial charge in [0, 0.05) is 25.6 Å². The van der Waals surface area contributed by atoms with Crippen molar-refractivity contribution in [3.8, 4) is 11.8 Å². The van der Waals surface area contributed by atoms with Crippen LogP contribution in [0.15, 0.2) is 18.5 Å². The van der Waals surface area contributed by atoms with E-state index in [1.807, 2.05) is 0 Å². The molecular formula is C19H25F3N6O4. The normalized spacial score (nSPS) is 19.4. The minimum Gasteiger partial charge on any atom is -0.470 e. The first-order valence-electron chi connectivity index (χ1n) is 9.97. The SMILES string of the molecule is CC(C)(C)OC(=O)N1CCC(F)C(Oc2cncc(Nc3cc(OC(F)F)n[nH]3)n2)CC1. The van der Waals surface area contributed by atoms with Crippen LogP contribution in [0.25, 0.3) is 0 Å². The molecule has 1 saturated heterocycles. The fourth-order valence-corrected chi connectivity index (χ4v) is 2.96. The third-order valence-electron chi connectivity index (χ3n) is 4.32. The predicted molar refractivity (Wildman–Crippen MR) is 107 cm³/mol. The molecular weight excluding hydrogens is 433 g/mol. The summed E-state index contributed by atoms with van der Waals surface area (Å²) in [6.07, 6.45) is 0.391. The van der Waals surface area contributed by atoms with Gasteiger partial charge >= 0.3 is 12.7 Å². The molecule has 2 unspecified atom stereocenters. The molecule has 0 bridgehead atoms. The number of ether oxygens (including phenoxy) is 3. The van der Waals surface area contributed by atoms with Gasteiger partial charge in [-0.25, -0.2) is 9.18 Å². The van der Waals surface area contributed by atoms with Gasteiger partial charge in [0.15, 0.2) is 5.82 Å². The maximum atomic E-state index is 14.7. The van der Waals surface area contributed by atoms with Gasteiger partial charge in [-0.1, -0.05) is 0 Å². The highest BCUT2D eigenvalue weighted by Gasteiger charge is 2.32. The van der Waals surface area contributed by atoms with Crippen LogP contribution in [-0.2, 0) is 4.74 Å². The molecule has 13 heteroatoms. The highest BCUT2D eigenvalue weighted by atomic mass is 19.3. The second-order valence-corrected chi connectivity index (χ2v) is 8.08. The standard InChI is InChI=1S/C19H25F3N6O4/c1-19(2,3)32-18(29)28-6-4-11(20)12(5-7-28)30-16-10-23-9-14(25-16)24-13-8-15(27-26-13)31-17(21)22/h8-12,17H,4-7H2,1-3H3,(H2,24,25,26,27). The Morgan fingerprint density at radius 1 is 1.25 bits per heavy atom. The van der Waals surface area contributed by atoms with E-state index in [0.717, 1.165) is 0 Å². The minimum atomic E-state index is -3.00. The Kier molecular flexibility index (Phi) is 7.26. The van der Waals surface area contributed by atoms with Crippen LogP contribution in [0.4, 0.5) is 29.6 Å². The Bertz CT molecular complexity index is 907. The topological polar surface area (TPSA) is 114 Å². The molecule has 0 spiro atoms. The summed E-state index contributed by atoms with van der Waals surface area (Å²) < 4.78 is 54.4. The number of carbonyl (C=O) groups excluding carboxylic acids is 1. The van der Waals surface area contributed by atoms with Gasteiger partial charge < -0.3 is 24.4 Å². The summed E-state index contributed by atoms with van der Waals surface area (Å²) in [4.78, 5) is 21.9. The summed E-state index contributed by atoms with van der Waals surface area (Å²) in [5.41, 5.74) is -0.640. The number of carbonyl (C=O) groups is 1. The van der Waals surface area contributed by atoms with Crippen molar-refractivity contribution in [3.05, 3.63) is 18.5 Å². The van der Waals surface area contributed by atoms with Crippen LogP contribution >= 0.6 is 0 Å². The molecule has 3 rings (SSSR count). The Morgan fingerprint density at radius 2 is 2.00 bits per heavy atom. The van der Waals surface area contributed by atoms with Crippen molar-refractivity contribution in [2.75, 3.05) is 18.4 Å². The molecule has 2 atom stereocenters. The second-order valence-electron chi connectivity index (χ2n) is 8.08. The van der Waals surface area contributed by atoms with E-state index in [9.17, 15) is 18.0 Å². The van der Waals surface area contributed by atoms with Gasteiger partial charge in [-0.05, 0) is 27.2 Å². The number of likely N-dealkylation sites (tertiary alicyclic amines) is 1. The smallest absolute Gasteiger partial charge is 0.410 e. The number of halogens is 3. The maximum absolute atomic E-state index is 14.7. The molecule has 2 aromatic rings. The largest absolute Gasteiger partial charge is 0.470 e. The molecule has 0 radical (unpaired) electrons. The van der Waals surface area contributed by atoms with Crippen molar-refractivity contribution in [2.24, 2.45) is 0 Å². The van der Waals surface area contributed by atoms with Crippen LogP contribution < -0.4 is 14.8 Å². The van der Waals surface area contributed by atoms with E-state index < -0.39 is 30.6 Å². The molecule has 176 valence electrons. The molecule has 3 heterocycles. The Hall–Kier alpha value is -3.25. The number of amides is 1. The number of anilines is 2. The lowest BCUT2D eigenvalue weighted by Gasteiger charge is -2.26. The number of hydrogen-bond donors (Lipinski definition) is 2. The van der Waals surface area contributed by atoms with E-state index in [1.54, 1.807) is 20.8 Å². The van der Waals surface area contributed by atoms with Gasteiger partial charge in [0.05, 0.1) is 12.4 Å². The number of aromatic nitrogens is 4. The van der Waals surface area contributed by atoms with E-state index in [4.69, 9.17) is 9.47 Å². The second kappa shape index (κ2) is 9.92. The summed E-state index contributed by atoms with van der Waals surface area (Å²) in [6.45, 7) is 2.78. The van der Waals surface area contributed by atoms with Crippen molar-refractivity contribution in [3.63, 3.8) is 0 Å². The van der Waals surface area contributed by atoms with E-state index >= 15 is 0 Å². The molecule has 2 N–H and O–H groups in total. The number of alkyl halides is 3. The van der Waals surface area contributed by atoms with Crippen molar-refractivity contribution in [1.82, 2.24) is 25.1 Å². The molecule has 1 fully saturated rings. The van der Waals surface area contributed by atoms with Crippen molar-refractivity contribution < 1.29 is 32.2 Å². The van der Waals surface area contributed by atoms with Gasteiger partial charge in [-0.15, -0.1) is 5.10 Å². The van der Waals surface area contributed by atoms with Gasteiger partial charge in [-0.2, -0.15) is 13.8 Å². The number of H-pyrrole nitrogens is 1. The van der Waals surface area contributed by atoms with Crippen LogP contribution in [0.3, 0.4) is 0 Å². The molecule has 32 heavy (non-hydrogen) atoms. The highest BCUT2D eigenvalue weighted by molar-refractivity contribution is 5.68. The van der Waals surface area contributed by atoms with Crippen molar-refractivity contribution in [1.29, 1.82) is 0 Å². The number of rotatable bonds is 6. The average molecular weight is 458 g/mol. The van der Waals surface area contributed by atoms with Gasteiger partial charge in [0.1, 0.15) is 23.7 Å². The summed E-state index contributed by atoms with van der Waals surface area (Å²) in [5, 5.41) is 8.82. The zero-order valence-corrected chi connectivity index (χ0v) is 17.8. The van der Waals surface area contributed by atoms with E-state index in [0.29, 0.717) is 0 Å². The lowest BCUT2D eigenvalue weighted by atomic mass is 10.1. The summed E-state index contributed by atoms with van der Waals surface area (Å²) in [5.74, 6) is 0.222. The summed E-state index contributed by atoms with van der Waals surface area (Å²) in [7, 11) is 0. The third-order valence-corrected chi connectivity index (χ3v) is 4.32. The quantitative estimate of drug-likeness (QED) is 0.674. The zero-order chi connectivity index (χ0) is 23.3. The molecule has 10 nitrogen and oxygen atoms in total. The molecule has 1 amide bonds. The fraction of sp³-hybridized carbons (Fsp3) is 0.579. The first-order chi connectivity index (χ1) is 15.1. The number of nitrogens with zero attached hydrogens (tertiary/aromatic N) is 4. The minimum absolute atomic E-state index is 0.0666. The number of hydrogen-bond acceptors (Lipinski definition) is 8. The van der Waals surface area contributed by atoms with Crippen LogP contribution in [-0.4, -0.2) is 68.7 Å². The molecule has 0 aromatic carbocycles. The Labute approximate surface area is 182 Å². The molecule has 0 aliphatic carbocycles. The maximum Gasteiger partial charge on any atom is 0.410 e. The monoisotopic (exact) mass is 458 g/mol. The molecule has 0 saturated carbocycles. The molecule has 2 aromatic heterocycles. The Balaban J connectivity index is 1.59. The zero-order valence-electron chi connectivity index (χ0n) is 17.8. The third kappa shape index (κ3) is 6.89. The van der Waals surface area contributed by atoms with Gasteiger partial charge in [0.2, 0.25) is 11.8 Å². The van der Waals surface area contributed by atoms with Crippen LogP contribution in [0.2, 0.25) is 0 Å². The highest BCUT2D eigenvalue weighted by Crippen LogP contribution is 2.23. The van der Waals surface area contributed by atoms with Crippen molar-refractivity contribution in [2.45, 2.75) is 58.1 Å². The van der Waals surface area contributed by atoms with E-state index in [1.165, 1.54) is 23.4 Å². The predicted octanol–water partition coefficient (Wildman–Crippen LogP) is 3.66. The van der Waals surface area contributed by atoms with Crippen molar-refractivity contribution >= 4 is 17.7 Å². The first-order valence-corrected chi connectivity index (χ1v) is 9.97.